The van der Waals surface area contributed by atoms with Gasteiger partial charge in [-0.05, 0) is 25.7 Å². The van der Waals surface area contributed by atoms with Crippen LogP contribution in [-0.4, -0.2) is 29.9 Å². The molecule has 3 heteroatoms. The SMILES string of the molecule is N[C@@H]1CCC[C@H]1C(=O)N1CCCC1. The molecule has 0 aromatic carbocycles. The maximum absolute atomic E-state index is 11.9. The third kappa shape index (κ3) is 1.70. The highest BCUT2D eigenvalue weighted by Gasteiger charge is 2.33. The first-order chi connectivity index (χ1) is 6.29. The fourth-order valence-corrected chi connectivity index (χ4v) is 2.47. The number of hydrogen-bond acceptors (Lipinski definition) is 2. The van der Waals surface area contributed by atoms with Crippen molar-refractivity contribution in [3.8, 4) is 0 Å². The molecule has 2 atom stereocenters. The molecule has 1 heterocycles. The summed E-state index contributed by atoms with van der Waals surface area (Å²) in [7, 11) is 0. The summed E-state index contributed by atoms with van der Waals surface area (Å²) < 4.78 is 0. The van der Waals surface area contributed by atoms with Crippen LogP contribution < -0.4 is 5.73 Å². The summed E-state index contributed by atoms with van der Waals surface area (Å²) in [6, 6.07) is 0.133. The zero-order chi connectivity index (χ0) is 9.26. The Balaban J connectivity index is 1.95. The second-order valence-electron chi connectivity index (χ2n) is 4.23. The molecule has 1 saturated carbocycles. The molecule has 1 aliphatic heterocycles. The van der Waals surface area contributed by atoms with Gasteiger partial charge in [0.05, 0.1) is 5.92 Å². The van der Waals surface area contributed by atoms with E-state index in [4.69, 9.17) is 5.73 Å². The average molecular weight is 182 g/mol. The summed E-state index contributed by atoms with van der Waals surface area (Å²) in [5, 5.41) is 0. The average Bonchev–Trinajstić information content (AvgIpc) is 2.72. The van der Waals surface area contributed by atoms with Gasteiger partial charge in [-0.1, -0.05) is 6.42 Å². The first kappa shape index (κ1) is 9.00. The van der Waals surface area contributed by atoms with E-state index in [-0.39, 0.29) is 12.0 Å². The fourth-order valence-electron chi connectivity index (χ4n) is 2.47. The second kappa shape index (κ2) is 3.66. The smallest absolute Gasteiger partial charge is 0.227 e. The lowest BCUT2D eigenvalue weighted by molar-refractivity contribution is -0.134. The molecule has 0 bridgehead atoms. The van der Waals surface area contributed by atoms with Gasteiger partial charge in [-0.25, -0.2) is 0 Å². The van der Waals surface area contributed by atoms with Gasteiger partial charge in [-0.2, -0.15) is 0 Å². The van der Waals surface area contributed by atoms with Crippen molar-refractivity contribution in [2.75, 3.05) is 13.1 Å². The molecule has 1 aliphatic carbocycles. The van der Waals surface area contributed by atoms with Crippen LogP contribution in [0.2, 0.25) is 0 Å². The summed E-state index contributed by atoms with van der Waals surface area (Å²) in [6.07, 6.45) is 5.52. The second-order valence-corrected chi connectivity index (χ2v) is 4.23. The van der Waals surface area contributed by atoms with E-state index >= 15 is 0 Å². The van der Waals surface area contributed by atoms with E-state index < -0.39 is 0 Å². The summed E-state index contributed by atoms with van der Waals surface area (Å²) in [5.41, 5.74) is 5.90. The molecule has 2 fully saturated rings. The van der Waals surface area contributed by atoms with Gasteiger partial charge in [-0.15, -0.1) is 0 Å². The maximum atomic E-state index is 11.9. The third-order valence-corrected chi connectivity index (χ3v) is 3.30. The van der Waals surface area contributed by atoms with Crippen molar-refractivity contribution in [1.29, 1.82) is 0 Å². The number of amides is 1. The van der Waals surface area contributed by atoms with Gasteiger partial charge in [0.2, 0.25) is 5.91 Å². The van der Waals surface area contributed by atoms with Crippen molar-refractivity contribution < 1.29 is 4.79 Å². The quantitative estimate of drug-likeness (QED) is 0.650. The highest BCUT2D eigenvalue weighted by atomic mass is 16.2. The van der Waals surface area contributed by atoms with Crippen LogP contribution in [0.4, 0.5) is 0 Å². The van der Waals surface area contributed by atoms with E-state index in [0.717, 1.165) is 32.4 Å². The van der Waals surface area contributed by atoms with E-state index in [1.54, 1.807) is 0 Å². The van der Waals surface area contributed by atoms with Crippen molar-refractivity contribution in [2.45, 2.75) is 38.1 Å². The standard InChI is InChI=1S/C10H18N2O/c11-9-5-3-4-8(9)10(13)12-6-1-2-7-12/h8-9H,1-7,11H2/t8-,9-/m1/s1. The largest absolute Gasteiger partial charge is 0.342 e. The van der Waals surface area contributed by atoms with E-state index in [0.29, 0.717) is 5.91 Å². The summed E-state index contributed by atoms with van der Waals surface area (Å²) in [5.74, 6) is 0.459. The van der Waals surface area contributed by atoms with Crippen molar-refractivity contribution in [1.82, 2.24) is 4.90 Å². The van der Waals surface area contributed by atoms with Gasteiger partial charge < -0.3 is 10.6 Å². The number of likely N-dealkylation sites (tertiary alicyclic amines) is 1. The van der Waals surface area contributed by atoms with E-state index in [1.165, 1.54) is 12.8 Å². The van der Waals surface area contributed by atoms with Crippen LogP contribution in [0.5, 0.6) is 0 Å². The topological polar surface area (TPSA) is 46.3 Å². The molecule has 74 valence electrons. The van der Waals surface area contributed by atoms with Gasteiger partial charge in [-0.3, -0.25) is 4.79 Å². The number of nitrogens with zero attached hydrogens (tertiary/aromatic N) is 1. The van der Waals surface area contributed by atoms with Gasteiger partial charge in [0.25, 0.3) is 0 Å². The first-order valence-electron chi connectivity index (χ1n) is 5.33. The van der Waals surface area contributed by atoms with Crippen molar-refractivity contribution in [2.24, 2.45) is 11.7 Å². The highest BCUT2D eigenvalue weighted by Crippen LogP contribution is 2.27. The molecule has 0 radical (unpaired) electrons. The molecule has 0 unspecified atom stereocenters. The zero-order valence-electron chi connectivity index (χ0n) is 8.04. The molecule has 1 amide bonds. The minimum absolute atomic E-state index is 0.133. The van der Waals surface area contributed by atoms with Crippen molar-refractivity contribution in [3.63, 3.8) is 0 Å². The van der Waals surface area contributed by atoms with Gasteiger partial charge >= 0.3 is 0 Å². The Bertz CT molecular complexity index is 199. The lowest BCUT2D eigenvalue weighted by atomic mass is 10.0. The van der Waals surface area contributed by atoms with Gasteiger partial charge in [0, 0.05) is 19.1 Å². The first-order valence-corrected chi connectivity index (χ1v) is 5.33. The molecular weight excluding hydrogens is 164 g/mol. The fraction of sp³-hybridized carbons (Fsp3) is 0.900. The Hall–Kier alpha value is -0.570. The number of carbonyl (C=O) groups excluding carboxylic acids is 1. The Kier molecular flexibility index (Phi) is 2.54. The Morgan fingerprint density at radius 3 is 2.38 bits per heavy atom. The Morgan fingerprint density at radius 1 is 1.15 bits per heavy atom. The third-order valence-electron chi connectivity index (χ3n) is 3.30. The maximum Gasteiger partial charge on any atom is 0.227 e. The Morgan fingerprint density at radius 2 is 1.85 bits per heavy atom. The zero-order valence-corrected chi connectivity index (χ0v) is 8.04. The Labute approximate surface area is 79.3 Å². The minimum Gasteiger partial charge on any atom is -0.342 e. The van der Waals surface area contributed by atoms with E-state index in [9.17, 15) is 4.79 Å². The predicted octanol–water partition coefficient (Wildman–Crippen LogP) is 0.736. The molecule has 1 saturated heterocycles. The summed E-state index contributed by atoms with van der Waals surface area (Å²) in [6.45, 7) is 1.92. The molecule has 0 aromatic rings. The van der Waals surface area contributed by atoms with Crippen LogP contribution in [0.25, 0.3) is 0 Å². The molecular formula is C10H18N2O. The molecule has 0 spiro atoms. The number of nitrogens with two attached hydrogens (primary N) is 1. The number of hydrogen-bond donors (Lipinski definition) is 1. The van der Waals surface area contributed by atoms with Crippen molar-refractivity contribution in [3.05, 3.63) is 0 Å². The van der Waals surface area contributed by atoms with E-state index in [2.05, 4.69) is 0 Å². The van der Waals surface area contributed by atoms with Gasteiger partial charge in [0.1, 0.15) is 0 Å². The van der Waals surface area contributed by atoms with Crippen LogP contribution in [-0.2, 0) is 4.79 Å². The monoisotopic (exact) mass is 182 g/mol. The number of rotatable bonds is 1. The van der Waals surface area contributed by atoms with Crippen LogP contribution in [0.1, 0.15) is 32.1 Å². The molecule has 2 N–H and O–H groups in total. The van der Waals surface area contributed by atoms with Crippen LogP contribution in [0.15, 0.2) is 0 Å². The normalized spacial score (nSPS) is 34.1. The highest BCUT2D eigenvalue weighted by molar-refractivity contribution is 5.80. The molecule has 2 rings (SSSR count). The van der Waals surface area contributed by atoms with Crippen LogP contribution >= 0.6 is 0 Å². The lowest BCUT2D eigenvalue weighted by Gasteiger charge is -2.22. The molecule has 3 nitrogen and oxygen atoms in total. The van der Waals surface area contributed by atoms with E-state index in [1.807, 2.05) is 4.90 Å². The lowest BCUT2D eigenvalue weighted by Crippen LogP contribution is -2.40. The minimum atomic E-state index is 0.133. The molecule has 2 aliphatic rings. The summed E-state index contributed by atoms with van der Waals surface area (Å²) in [4.78, 5) is 13.9. The predicted molar refractivity (Wildman–Crippen MR) is 51.1 cm³/mol. The molecule has 13 heavy (non-hydrogen) atoms. The van der Waals surface area contributed by atoms with Gasteiger partial charge in [0.15, 0.2) is 0 Å². The van der Waals surface area contributed by atoms with Crippen molar-refractivity contribution >= 4 is 5.91 Å². The van der Waals surface area contributed by atoms with Crippen LogP contribution in [0, 0.1) is 5.92 Å². The van der Waals surface area contributed by atoms with Crippen LogP contribution in [0.3, 0.4) is 0 Å². The molecule has 0 aromatic heterocycles. The number of carbonyl (C=O) groups is 1. The summed E-state index contributed by atoms with van der Waals surface area (Å²) >= 11 is 0.